The van der Waals surface area contributed by atoms with Crippen LogP contribution in [0, 0.1) is 12.3 Å². The first-order chi connectivity index (χ1) is 15.8. The number of amides is 2. The molecule has 3 aliphatic heterocycles. The Morgan fingerprint density at radius 3 is 2.64 bits per heavy atom. The minimum Gasteiger partial charge on any atom is -0.383 e. The van der Waals surface area contributed by atoms with Crippen molar-refractivity contribution in [1.82, 2.24) is 14.1 Å². The Morgan fingerprint density at radius 2 is 1.94 bits per heavy atom. The number of hydrogen-bond acceptors (Lipinski definition) is 6. The first-order valence-electron chi connectivity index (χ1n) is 11.5. The van der Waals surface area contributed by atoms with Crippen molar-refractivity contribution < 1.29 is 27.5 Å². The molecule has 3 heterocycles. The fourth-order valence-corrected chi connectivity index (χ4v) is 7.28. The predicted octanol–water partition coefficient (Wildman–Crippen LogP) is 0.737. The van der Waals surface area contributed by atoms with Gasteiger partial charge in [0, 0.05) is 51.4 Å². The van der Waals surface area contributed by atoms with Crippen LogP contribution in [-0.4, -0.2) is 106 Å². The molecule has 1 aromatic carbocycles. The number of benzene rings is 1. The van der Waals surface area contributed by atoms with Gasteiger partial charge in [-0.3, -0.25) is 9.59 Å². The molecule has 182 valence electrons. The van der Waals surface area contributed by atoms with Gasteiger partial charge in [-0.2, -0.15) is 4.31 Å². The molecule has 4 rings (SSSR count). The van der Waals surface area contributed by atoms with Crippen LogP contribution in [0.4, 0.5) is 0 Å². The minimum atomic E-state index is -3.51. The first-order valence-corrected chi connectivity index (χ1v) is 13.1. The standard InChI is InChI=1S/C23H33N3O6S/c1-18-4-3-5-19(16-18)21(27)25-8-6-20-23(17-25,22(28)24-9-13-32-14-10-24)7-15-33(29,30)26(20)11-12-31-2/h3-5,16,20H,6-15,17H2,1-2H3/t20-,23+/m1/s1. The molecule has 0 N–H and O–H groups in total. The van der Waals surface area contributed by atoms with Gasteiger partial charge in [0.05, 0.1) is 31.0 Å². The van der Waals surface area contributed by atoms with Crippen LogP contribution in [0.5, 0.6) is 0 Å². The van der Waals surface area contributed by atoms with E-state index in [0.29, 0.717) is 44.8 Å². The molecule has 10 heteroatoms. The van der Waals surface area contributed by atoms with E-state index in [2.05, 4.69) is 0 Å². The third kappa shape index (κ3) is 4.66. The molecule has 0 spiro atoms. The predicted molar refractivity (Wildman–Crippen MR) is 122 cm³/mol. The maximum absolute atomic E-state index is 14.0. The van der Waals surface area contributed by atoms with Gasteiger partial charge in [-0.05, 0) is 31.9 Å². The molecule has 0 saturated carbocycles. The lowest BCUT2D eigenvalue weighted by molar-refractivity contribution is -0.154. The van der Waals surface area contributed by atoms with E-state index in [9.17, 15) is 18.0 Å². The van der Waals surface area contributed by atoms with E-state index < -0.39 is 21.5 Å². The second-order valence-electron chi connectivity index (χ2n) is 9.13. The maximum atomic E-state index is 14.0. The molecular formula is C23H33N3O6S. The third-order valence-electron chi connectivity index (χ3n) is 7.09. The lowest BCUT2D eigenvalue weighted by Gasteiger charge is -2.54. The Kier molecular flexibility index (Phi) is 7.09. The van der Waals surface area contributed by atoms with Crippen LogP contribution in [0.1, 0.15) is 28.8 Å². The van der Waals surface area contributed by atoms with E-state index in [0.717, 1.165) is 5.56 Å². The van der Waals surface area contributed by atoms with E-state index in [1.54, 1.807) is 15.9 Å². The zero-order valence-electron chi connectivity index (χ0n) is 19.4. The summed E-state index contributed by atoms with van der Waals surface area (Å²) in [5.74, 6) is -0.312. The fraction of sp³-hybridized carbons (Fsp3) is 0.652. The average Bonchev–Trinajstić information content (AvgIpc) is 2.82. The van der Waals surface area contributed by atoms with Crippen molar-refractivity contribution in [2.45, 2.75) is 25.8 Å². The molecule has 2 amide bonds. The lowest BCUT2D eigenvalue weighted by atomic mass is 9.71. The van der Waals surface area contributed by atoms with E-state index in [1.807, 2.05) is 25.1 Å². The van der Waals surface area contributed by atoms with Crippen molar-refractivity contribution in [3.05, 3.63) is 35.4 Å². The SMILES string of the molecule is COCCN1[C@@H]2CCN(C(=O)c3cccc(C)c3)C[C@@]2(C(=O)N2CCOCC2)CCS1(=O)=O. The zero-order valence-corrected chi connectivity index (χ0v) is 20.2. The quantitative estimate of drug-likeness (QED) is 0.618. The number of rotatable bonds is 5. The number of fused-ring (bicyclic) bond motifs is 1. The molecule has 2 atom stereocenters. The molecule has 33 heavy (non-hydrogen) atoms. The van der Waals surface area contributed by atoms with Crippen LogP contribution in [0.15, 0.2) is 24.3 Å². The minimum absolute atomic E-state index is 0.0742. The molecule has 3 saturated heterocycles. The van der Waals surface area contributed by atoms with Crippen molar-refractivity contribution in [2.75, 3.05) is 65.4 Å². The van der Waals surface area contributed by atoms with Gasteiger partial charge in [0.1, 0.15) is 0 Å². The van der Waals surface area contributed by atoms with Gasteiger partial charge in [-0.1, -0.05) is 17.7 Å². The van der Waals surface area contributed by atoms with Gasteiger partial charge in [0.25, 0.3) is 5.91 Å². The molecule has 9 nitrogen and oxygen atoms in total. The Labute approximate surface area is 195 Å². The molecule has 1 aromatic rings. The molecule has 3 aliphatic rings. The van der Waals surface area contributed by atoms with Crippen LogP contribution < -0.4 is 0 Å². The molecule has 3 fully saturated rings. The molecule has 0 bridgehead atoms. The number of aryl methyl sites for hydroxylation is 1. The highest BCUT2D eigenvalue weighted by molar-refractivity contribution is 7.89. The molecule has 0 aromatic heterocycles. The van der Waals surface area contributed by atoms with Gasteiger partial charge in [0.15, 0.2) is 0 Å². The number of piperidine rings is 1. The van der Waals surface area contributed by atoms with Crippen LogP contribution >= 0.6 is 0 Å². The summed E-state index contributed by atoms with van der Waals surface area (Å²) in [7, 11) is -1.98. The molecule has 0 unspecified atom stereocenters. The second-order valence-corrected chi connectivity index (χ2v) is 11.2. The number of morpholine rings is 1. The summed E-state index contributed by atoms with van der Waals surface area (Å²) in [6.45, 7) is 4.87. The van der Waals surface area contributed by atoms with Gasteiger partial charge in [-0.15, -0.1) is 0 Å². The first kappa shape index (κ1) is 24.1. The fourth-order valence-electron chi connectivity index (χ4n) is 5.38. The Morgan fingerprint density at radius 1 is 1.18 bits per heavy atom. The van der Waals surface area contributed by atoms with Crippen molar-refractivity contribution in [2.24, 2.45) is 5.41 Å². The molecule has 0 radical (unpaired) electrons. The van der Waals surface area contributed by atoms with Crippen molar-refractivity contribution in [3.8, 4) is 0 Å². The Hall–Kier alpha value is -2.01. The lowest BCUT2D eigenvalue weighted by Crippen LogP contribution is -2.69. The van der Waals surface area contributed by atoms with E-state index in [1.165, 1.54) is 11.4 Å². The molecular weight excluding hydrogens is 446 g/mol. The number of ether oxygens (including phenoxy) is 2. The smallest absolute Gasteiger partial charge is 0.253 e. The Bertz CT molecular complexity index is 994. The normalized spacial score (nSPS) is 27.8. The third-order valence-corrected chi connectivity index (χ3v) is 8.96. The number of nitrogens with zero attached hydrogens (tertiary/aromatic N) is 3. The number of hydrogen-bond donors (Lipinski definition) is 0. The van der Waals surface area contributed by atoms with Crippen molar-refractivity contribution >= 4 is 21.8 Å². The topological polar surface area (TPSA) is 96.5 Å². The summed E-state index contributed by atoms with van der Waals surface area (Å²) in [6, 6.07) is 6.92. The van der Waals surface area contributed by atoms with Gasteiger partial charge >= 0.3 is 0 Å². The van der Waals surface area contributed by atoms with E-state index in [-0.39, 0.29) is 43.7 Å². The summed E-state index contributed by atoms with van der Waals surface area (Å²) in [4.78, 5) is 30.9. The molecule has 0 aliphatic carbocycles. The maximum Gasteiger partial charge on any atom is 0.253 e. The van der Waals surface area contributed by atoms with E-state index >= 15 is 0 Å². The average molecular weight is 480 g/mol. The zero-order chi connectivity index (χ0) is 23.6. The highest BCUT2D eigenvalue weighted by Crippen LogP contribution is 2.44. The number of carbonyl (C=O) groups is 2. The number of sulfonamides is 1. The van der Waals surface area contributed by atoms with Crippen LogP contribution in [0.3, 0.4) is 0 Å². The van der Waals surface area contributed by atoms with Crippen molar-refractivity contribution in [1.29, 1.82) is 0 Å². The second kappa shape index (κ2) is 9.69. The summed E-state index contributed by atoms with van der Waals surface area (Å²) < 4.78 is 38.1. The summed E-state index contributed by atoms with van der Waals surface area (Å²) in [5.41, 5.74) is 0.597. The monoisotopic (exact) mass is 479 g/mol. The van der Waals surface area contributed by atoms with E-state index in [4.69, 9.17) is 9.47 Å². The number of likely N-dealkylation sites (tertiary alicyclic amines) is 1. The number of carbonyl (C=O) groups excluding carboxylic acids is 2. The summed E-state index contributed by atoms with van der Waals surface area (Å²) in [5, 5.41) is 0. The summed E-state index contributed by atoms with van der Waals surface area (Å²) in [6.07, 6.45) is 0.619. The Balaban J connectivity index is 1.69. The number of methoxy groups -OCH3 is 1. The van der Waals surface area contributed by atoms with Crippen LogP contribution in [0.25, 0.3) is 0 Å². The van der Waals surface area contributed by atoms with Crippen LogP contribution in [0.2, 0.25) is 0 Å². The summed E-state index contributed by atoms with van der Waals surface area (Å²) >= 11 is 0. The largest absolute Gasteiger partial charge is 0.383 e. The van der Waals surface area contributed by atoms with Crippen LogP contribution in [-0.2, 0) is 24.3 Å². The highest BCUT2D eigenvalue weighted by Gasteiger charge is 2.58. The van der Waals surface area contributed by atoms with Crippen molar-refractivity contribution in [3.63, 3.8) is 0 Å². The van der Waals surface area contributed by atoms with Gasteiger partial charge in [0.2, 0.25) is 15.9 Å². The highest BCUT2D eigenvalue weighted by atomic mass is 32.2. The van der Waals surface area contributed by atoms with Gasteiger partial charge in [-0.25, -0.2) is 8.42 Å². The van der Waals surface area contributed by atoms with Gasteiger partial charge < -0.3 is 19.3 Å².